The SMILES string of the molecule is CCC1CCCCN1C(=O)c1nn2c(C(F)(F)F)cc(-c3cccs3)nc2c1Cl. The molecule has 1 atom stereocenters. The largest absolute Gasteiger partial charge is 0.433 e. The minimum atomic E-state index is -4.68. The highest BCUT2D eigenvalue weighted by Gasteiger charge is 2.38. The average molecular weight is 443 g/mol. The molecule has 10 heteroatoms. The number of carbonyl (C=O) groups is 1. The number of fused-ring (bicyclic) bond motifs is 1. The number of rotatable bonds is 3. The van der Waals surface area contributed by atoms with Gasteiger partial charge >= 0.3 is 6.18 Å². The lowest BCUT2D eigenvalue weighted by atomic mass is 9.99. The van der Waals surface area contributed by atoms with Gasteiger partial charge in [-0.1, -0.05) is 24.6 Å². The molecule has 1 saturated heterocycles. The molecule has 1 aliphatic rings. The van der Waals surface area contributed by atoms with Crippen molar-refractivity contribution < 1.29 is 18.0 Å². The molecule has 0 radical (unpaired) electrons. The van der Waals surface area contributed by atoms with Gasteiger partial charge in [0, 0.05) is 12.6 Å². The Balaban J connectivity index is 1.87. The van der Waals surface area contributed by atoms with E-state index in [-0.39, 0.29) is 28.1 Å². The molecule has 4 rings (SSSR count). The maximum Gasteiger partial charge on any atom is 0.433 e. The molecule has 4 heterocycles. The summed E-state index contributed by atoms with van der Waals surface area (Å²) < 4.78 is 41.8. The number of carbonyl (C=O) groups excluding carboxylic acids is 1. The first-order valence-electron chi connectivity index (χ1n) is 9.32. The van der Waals surface area contributed by atoms with E-state index >= 15 is 0 Å². The summed E-state index contributed by atoms with van der Waals surface area (Å²) in [5.41, 5.74) is -1.23. The Labute approximate surface area is 174 Å². The van der Waals surface area contributed by atoms with Crippen molar-refractivity contribution in [1.82, 2.24) is 19.5 Å². The van der Waals surface area contributed by atoms with Crippen LogP contribution in [-0.2, 0) is 6.18 Å². The van der Waals surface area contributed by atoms with Crippen LogP contribution in [0, 0.1) is 0 Å². The van der Waals surface area contributed by atoms with E-state index in [9.17, 15) is 18.0 Å². The highest BCUT2D eigenvalue weighted by atomic mass is 35.5. The third-order valence-electron chi connectivity index (χ3n) is 5.16. The molecule has 154 valence electrons. The Hall–Kier alpha value is -2.13. The monoisotopic (exact) mass is 442 g/mol. The van der Waals surface area contributed by atoms with Crippen LogP contribution in [0.15, 0.2) is 23.6 Å². The second-order valence-electron chi connectivity index (χ2n) is 6.96. The minimum absolute atomic E-state index is 0.0360. The number of hydrogen-bond donors (Lipinski definition) is 0. The maximum absolute atomic E-state index is 13.7. The zero-order valence-electron chi connectivity index (χ0n) is 15.5. The number of thiophene rings is 1. The number of nitrogens with zero attached hydrogens (tertiary/aromatic N) is 4. The van der Waals surface area contributed by atoms with Gasteiger partial charge in [-0.3, -0.25) is 4.79 Å². The topological polar surface area (TPSA) is 50.5 Å². The molecule has 0 saturated carbocycles. The molecular weight excluding hydrogens is 425 g/mol. The molecule has 0 bridgehead atoms. The summed E-state index contributed by atoms with van der Waals surface area (Å²) >= 11 is 7.63. The molecule has 29 heavy (non-hydrogen) atoms. The summed E-state index contributed by atoms with van der Waals surface area (Å²) in [4.78, 5) is 19.6. The quantitative estimate of drug-likeness (QED) is 0.535. The van der Waals surface area contributed by atoms with Gasteiger partial charge in [-0.25, -0.2) is 9.50 Å². The Morgan fingerprint density at radius 2 is 2.17 bits per heavy atom. The van der Waals surface area contributed by atoms with Crippen LogP contribution >= 0.6 is 22.9 Å². The first-order chi connectivity index (χ1) is 13.8. The van der Waals surface area contributed by atoms with Gasteiger partial charge in [0.25, 0.3) is 5.91 Å². The Morgan fingerprint density at radius 1 is 1.38 bits per heavy atom. The van der Waals surface area contributed by atoms with Crippen molar-refractivity contribution in [3.63, 3.8) is 0 Å². The van der Waals surface area contributed by atoms with Crippen molar-refractivity contribution >= 4 is 34.5 Å². The van der Waals surface area contributed by atoms with Crippen LogP contribution in [0.2, 0.25) is 5.02 Å². The van der Waals surface area contributed by atoms with Gasteiger partial charge in [-0.05, 0) is 43.2 Å². The van der Waals surface area contributed by atoms with Crippen LogP contribution in [0.5, 0.6) is 0 Å². The molecule has 0 spiro atoms. The zero-order valence-corrected chi connectivity index (χ0v) is 17.1. The molecule has 0 aliphatic carbocycles. The number of amides is 1. The third-order valence-corrected chi connectivity index (χ3v) is 6.40. The van der Waals surface area contributed by atoms with Crippen molar-refractivity contribution in [3.05, 3.63) is 40.0 Å². The highest BCUT2D eigenvalue weighted by Crippen LogP contribution is 2.36. The Bertz CT molecular complexity index is 1050. The molecule has 1 unspecified atom stereocenters. The van der Waals surface area contributed by atoms with Crippen molar-refractivity contribution in [3.8, 4) is 10.6 Å². The normalized spacial score (nSPS) is 17.8. The van der Waals surface area contributed by atoms with Gasteiger partial charge in [0.05, 0.1) is 10.6 Å². The summed E-state index contributed by atoms with van der Waals surface area (Å²) in [7, 11) is 0. The van der Waals surface area contributed by atoms with E-state index in [0.29, 0.717) is 15.9 Å². The van der Waals surface area contributed by atoms with Crippen LogP contribution in [0.3, 0.4) is 0 Å². The summed E-state index contributed by atoms with van der Waals surface area (Å²) in [6, 6.07) is 4.38. The molecule has 3 aromatic heterocycles. The van der Waals surface area contributed by atoms with Gasteiger partial charge in [-0.15, -0.1) is 11.3 Å². The standard InChI is InChI=1S/C19H18ClF3N4OS/c1-2-11-6-3-4-8-26(11)18(28)16-15(20)17-24-12(13-7-5-9-29-13)10-14(19(21,22)23)27(17)25-16/h5,7,9-11H,2-4,6,8H2,1H3. The van der Waals surface area contributed by atoms with Crippen LogP contribution in [0.25, 0.3) is 16.2 Å². The predicted molar refractivity (Wildman–Crippen MR) is 105 cm³/mol. The fourth-order valence-electron chi connectivity index (χ4n) is 3.71. The third kappa shape index (κ3) is 3.61. The number of hydrogen-bond acceptors (Lipinski definition) is 4. The van der Waals surface area contributed by atoms with Gasteiger partial charge in [0.15, 0.2) is 17.0 Å². The fraction of sp³-hybridized carbons (Fsp3) is 0.421. The lowest BCUT2D eigenvalue weighted by Crippen LogP contribution is -2.43. The lowest BCUT2D eigenvalue weighted by molar-refractivity contribution is -0.142. The number of piperidine rings is 1. The number of likely N-dealkylation sites (tertiary alicyclic amines) is 1. The summed E-state index contributed by atoms with van der Waals surface area (Å²) in [5, 5.41) is 5.56. The van der Waals surface area contributed by atoms with Gasteiger partial charge in [0.2, 0.25) is 0 Å². The van der Waals surface area contributed by atoms with E-state index in [4.69, 9.17) is 11.6 Å². The molecule has 1 aliphatic heterocycles. The van der Waals surface area contributed by atoms with E-state index in [1.165, 1.54) is 11.3 Å². The Kier molecular flexibility index (Phi) is 5.29. The molecular formula is C19H18ClF3N4OS. The van der Waals surface area contributed by atoms with Crippen LogP contribution < -0.4 is 0 Å². The minimum Gasteiger partial charge on any atom is -0.334 e. The molecule has 0 aromatic carbocycles. The second-order valence-corrected chi connectivity index (χ2v) is 8.28. The van der Waals surface area contributed by atoms with E-state index in [1.807, 2.05) is 6.92 Å². The molecule has 1 amide bonds. The van der Waals surface area contributed by atoms with Crippen molar-refractivity contribution in [2.75, 3.05) is 6.54 Å². The molecule has 1 fully saturated rings. The van der Waals surface area contributed by atoms with E-state index in [1.54, 1.807) is 22.4 Å². The second kappa shape index (κ2) is 7.60. The van der Waals surface area contributed by atoms with Gasteiger partial charge in [-0.2, -0.15) is 18.3 Å². The smallest absolute Gasteiger partial charge is 0.334 e. The molecule has 5 nitrogen and oxygen atoms in total. The number of halogens is 4. The van der Waals surface area contributed by atoms with Crippen LogP contribution in [0.4, 0.5) is 13.2 Å². The predicted octanol–water partition coefficient (Wildman–Crippen LogP) is 5.53. The molecule has 0 N–H and O–H groups in total. The summed E-state index contributed by atoms with van der Waals surface area (Å²) in [5.74, 6) is -0.446. The summed E-state index contributed by atoms with van der Waals surface area (Å²) in [6.45, 7) is 2.53. The summed E-state index contributed by atoms with van der Waals surface area (Å²) in [6.07, 6.45) is -1.18. The van der Waals surface area contributed by atoms with E-state index < -0.39 is 17.8 Å². The lowest BCUT2D eigenvalue weighted by Gasteiger charge is -2.34. The number of aromatic nitrogens is 3. The van der Waals surface area contributed by atoms with Crippen LogP contribution in [-0.4, -0.2) is 38.0 Å². The van der Waals surface area contributed by atoms with Crippen molar-refractivity contribution in [2.24, 2.45) is 0 Å². The molecule has 3 aromatic rings. The first-order valence-corrected chi connectivity index (χ1v) is 10.6. The first kappa shape index (κ1) is 20.2. The van der Waals surface area contributed by atoms with Crippen LogP contribution in [0.1, 0.15) is 48.8 Å². The fourth-order valence-corrected chi connectivity index (χ4v) is 4.64. The maximum atomic E-state index is 13.7. The van der Waals surface area contributed by atoms with Crippen molar-refractivity contribution in [1.29, 1.82) is 0 Å². The Morgan fingerprint density at radius 3 is 2.83 bits per heavy atom. The van der Waals surface area contributed by atoms with Crippen molar-refractivity contribution in [2.45, 2.75) is 44.8 Å². The average Bonchev–Trinajstić information content (AvgIpc) is 3.34. The van der Waals surface area contributed by atoms with Gasteiger partial charge in [0.1, 0.15) is 5.02 Å². The van der Waals surface area contributed by atoms with E-state index in [0.717, 1.165) is 31.7 Å². The number of alkyl halides is 3. The highest BCUT2D eigenvalue weighted by molar-refractivity contribution is 7.13. The zero-order chi connectivity index (χ0) is 20.8. The van der Waals surface area contributed by atoms with Gasteiger partial charge < -0.3 is 4.90 Å². The van der Waals surface area contributed by atoms with E-state index in [2.05, 4.69) is 10.1 Å².